The van der Waals surface area contributed by atoms with Crippen LogP contribution in [0.3, 0.4) is 0 Å². The SMILES string of the molecule is CNC(=O)NC(=O)[C@H](Sc1nnnn1-c1cc(C)ccc1C)c1ccccc1. The van der Waals surface area contributed by atoms with E-state index in [0.717, 1.165) is 22.4 Å². The maximum absolute atomic E-state index is 12.7. The van der Waals surface area contributed by atoms with Crippen molar-refractivity contribution in [3.8, 4) is 5.69 Å². The van der Waals surface area contributed by atoms with Gasteiger partial charge in [-0.15, -0.1) is 5.10 Å². The van der Waals surface area contributed by atoms with Gasteiger partial charge in [-0.3, -0.25) is 10.1 Å². The van der Waals surface area contributed by atoms with Crippen LogP contribution in [-0.4, -0.2) is 39.2 Å². The molecule has 8 nitrogen and oxygen atoms in total. The minimum Gasteiger partial charge on any atom is -0.341 e. The first-order valence-corrected chi connectivity index (χ1v) is 9.47. The average molecular weight is 396 g/mol. The molecule has 0 saturated carbocycles. The Balaban J connectivity index is 1.96. The van der Waals surface area contributed by atoms with Crippen molar-refractivity contribution in [2.45, 2.75) is 24.3 Å². The summed E-state index contributed by atoms with van der Waals surface area (Å²) in [6.45, 7) is 3.96. The number of nitrogens with zero attached hydrogens (tertiary/aromatic N) is 4. The van der Waals surface area contributed by atoms with E-state index in [1.165, 1.54) is 18.8 Å². The molecule has 1 heterocycles. The number of imide groups is 1. The van der Waals surface area contributed by atoms with Crippen LogP contribution in [0, 0.1) is 13.8 Å². The summed E-state index contributed by atoms with van der Waals surface area (Å²) in [5.41, 5.74) is 3.66. The third kappa shape index (κ3) is 4.37. The molecule has 3 aromatic rings. The predicted octanol–water partition coefficient (Wildman–Crippen LogP) is 2.57. The zero-order valence-electron chi connectivity index (χ0n) is 15.7. The zero-order chi connectivity index (χ0) is 20.1. The molecule has 1 atom stereocenters. The quantitative estimate of drug-likeness (QED) is 0.643. The first kappa shape index (κ1) is 19.6. The number of thioether (sulfide) groups is 1. The molecule has 0 fully saturated rings. The molecule has 144 valence electrons. The maximum Gasteiger partial charge on any atom is 0.321 e. The highest BCUT2D eigenvalue weighted by molar-refractivity contribution is 8.00. The van der Waals surface area contributed by atoms with E-state index in [1.54, 1.807) is 4.68 Å². The van der Waals surface area contributed by atoms with Gasteiger partial charge < -0.3 is 5.32 Å². The zero-order valence-corrected chi connectivity index (χ0v) is 16.5. The Bertz CT molecular complexity index is 989. The number of amides is 3. The molecule has 3 amide bonds. The number of benzene rings is 2. The monoisotopic (exact) mass is 396 g/mol. The van der Waals surface area contributed by atoms with Crippen LogP contribution in [0.5, 0.6) is 0 Å². The van der Waals surface area contributed by atoms with Crippen molar-refractivity contribution >= 4 is 23.7 Å². The lowest BCUT2D eigenvalue weighted by molar-refractivity contribution is -0.119. The molecule has 0 aliphatic heterocycles. The summed E-state index contributed by atoms with van der Waals surface area (Å²) in [6, 6.07) is 14.6. The lowest BCUT2D eigenvalue weighted by Crippen LogP contribution is -2.39. The van der Waals surface area contributed by atoms with E-state index in [0.29, 0.717) is 5.16 Å². The van der Waals surface area contributed by atoms with Gasteiger partial charge in [0, 0.05) is 7.05 Å². The van der Waals surface area contributed by atoms with Crippen molar-refractivity contribution in [3.63, 3.8) is 0 Å². The van der Waals surface area contributed by atoms with Gasteiger partial charge in [0.1, 0.15) is 5.25 Å². The van der Waals surface area contributed by atoms with Gasteiger partial charge in [0.15, 0.2) is 0 Å². The van der Waals surface area contributed by atoms with E-state index in [9.17, 15) is 9.59 Å². The second kappa shape index (κ2) is 8.66. The highest BCUT2D eigenvalue weighted by Gasteiger charge is 2.26. The second-order valence-electron chi connectivity index (χ2n) is 6.14. The molecule has 2 aromatic carbocycles. The van der Waals surface area contributed by atoms with Crippen LogP contribution in [0.15, 0.2) is 53.7 Å². The first-order valence-electron chi connectivity index (χ1n) is 8.59. The molecule has 0 aliphatic rings. The van der Waals surface area contributed by atoms with Crippen LogP contribution in [0.1, 0.15) is 21.9 Å². The number of rotatable bonds is 5. The summed E-state index contributed by atoms with van der Waals surface area (Å²) in [6.07, 6.45) is 0. The first-order chi connectivity index (χ1) is 13.5. The highest BCUT2D eigenvalue weighted by Crippen LogP contribution is 2.35. The summed E-state index contributed by atoms with van der Waals surface area (Å²) in [7, 11) is 1.45. The molecule has 0 saturated heterocycles. The smallest absolute Gasteiger partial charge is 0.321 e. The van der Waals surface area contributed by atoms with Gasteiger partial charge in [0.25, 0.3) is 0 Å². The van der Waals surface area contributed by atoms with Gasteiger partial charge in [-0.05, 0) is 47.0 Å². The molecule has 0 aliphatic carbocycles. The Morgan fingerprint density at radius 3 is 2.57 bits per heavy atom. The van der Waals surface area contributed by atoms with Gasteiger partial charge in [-0.25, -0.2) is 4.79 Å². The normalized spacial score (nSPS) is 11.7. The topological polar surface area (TPSA) is 102 Å². The molecule has 0 spiro atoms. The molecule has 3 rings (SSSR count). The lowest BCUT2D eigenvalue weighted by atomic mass is 10.1. The Hall–Kier alpha value is -3.20. The molecular weight excluding hydrogens is 376 g/mol. The number of carbonyl (C=O) groups excluding carboxylic acids is 2. The van der Waals surface area contributed by atoms with E-state index in [1.807, 2.05) is 62.4 Å². The molecule has 0 unspecified atom stereocenters. The number of tetrazole rings is 1. The van der Waals surface area contributed by atoms with Crippen LogP contribution < -0.4 is 10.6 Å². The highest BCUT2D eigenvalue weighted by atomic mass is 32.2. The van der Waals surface area contributed by atoms with Crippen LogP contribution in [0.25, 0.3) is 5.69 Å². The standard InChI is InChI=1S/C19H20N6O2S/c1-12-9-10-13(2)15(11-12)25-19(22-23-24-25)28-16(14-7-5-4-6-8-14)17(26)21-18(27)20-3/h4-11,16H,1-3H3,(H2,20,21,26,27)/t16-/m1/s1. The molecule has 9 heteroatoms. The number of aryl methyl sites for hydroxylation is 2. The number of hydrogen-bond acceptors (Lipinski definition) is 6. The van der Waals surface area contributed by atoms with E-state index < -0.39 is 17.2 Å². The van der Waals surface area contributed by atoms with Crippen LogP contribution in [0.4, 0.5) is 4.79 Å². The van der Waals surface area contributed by atoms with E-state index >= 15 is 0 Å². The number of urea groups is 1. The fraction of sp³-hybridized carbons (Fsp3) is 0.211. The molecule has 28 heavy (non-hydrogen) atoms. The van der Waals surface area contributed by atoms with Crippen molar-refractivity contribution in [1.29, 1.82) is 0 Å². The van der Waals surface area contributed by atoms with Crippen LogP contribution >= 0.6 is 11.8 Å². The number of nitrogens with one attached hydrogen (secondary N) is 2. The summed E-state index contributed by atoms with van der Waals surface area (Å²) in [4.78, 5) is 24.4. The van der Waals surface area contributed by atoms with Gasteiger partial charge in [0.2, 0.25) is 11.1 Å². The van der Waals surface area contributed by atoms with Crippen molar-refractivity contribution in [3.05, 3.63) is 65.2 Å². The van der Waals surface area contributed by atoms with E-state index in [2.05, 4.69) is 26.2 Å². The molecule has 2 N–H and O–H groups in total. The number of aromatic nitrogens is 4. The summed E-state index contributed by atoms with van der Waals surface area (Å²) < 4.78 is 1.61. The average Bonchev–Trinajstić information content (AvgIpc) is 3.16. The van der Waals surface area contributed by atoms with Gasteiger partial charge in [-0.1, -0.05) is 54.2 Å². The molecule has 0 bridgehead atoms. The molecule has 1 aromatic heterocycles. The fourth-order valence-electron chi connectivity index (χ4n) is 2.60. The van der Waals surface area contributed by atoms with Gasteiger partial charge in [0.05, 0.1) is 5.69 Å². The van der Waals surface area contributed by atoms with Crippen molar-refractivity contribution in [2.75, 3.05) is 7.05 Å². The maximum atomic E-state index is 12.7. The van der Waals surface area contributed by atoms with Crippen molar-refractivity contribution in [1.82, 2.24) is 30.8 Å². The summed E-state index contributed by atoms with van der Waals surface area (Å²) in [5.74, 6) is -0.453. The predicted molar refractivity (Wildman–Crippen MR) is 106 cm³/mol. The Labute approximate surface area is 166 Å². The van der Waals surface area contributed by atoms with Crippen LogP contribution in [0.2, 0.25) is 0 Å². The Morgan fingerprint density at radius 2 is 1.86 bits per heavy atom. The third-order valence-electron chi connectivity index (χ3n) is 4.06. The minimum absolute atomic E-state index is 0.453. The van der Waals surface area contributed by atoms with Crippen LogP contribution in [-0.2, 0) is 4.79 Å². The second-order valence-corrected chi connectivity index (χ2v) is 7.21. The van der Waals surface area contributed by atoms with Gasteiger partial charge >= 0.3 is 6.03 Å². The van der Waals surface area contributed by atoms with E-state index in [4.69, 9.17) is 0 Å². The summed E-state index contributed by atoms with van der Waals surface area (Å²) >= 11 is 1.18. The Morgan fingerprint density at radius 1 is 1.11 bits per heavy atom. The van der Waals surface area contributed by atoms with Crippen molar-refractivity contribution in [2.24, 2.45) is 0 Å². The summed E-state index contributed by atoms with van der Waals surface area (Å²) in [5, 5.41) is 16.4. The lowest BCUT2D eigenvalue weighted by Gasteiger charge is -2.16. The molecular formula is C19H20N6O2S. The van der Waals surface area contributed by atoms with Crippen molar-refractivity contribution < 1.29 is 9.59 Å². The number of carbonyl (C=O) groups is 2. The van der Waals surface area contributed by atoms with E-state index in [-0.39, 0.29) is 0 Å². The Kier molecular flexibility index (Phi) is 6.05. The minimum atomic E-state index is -0.701. The number of hydrogen-bond donors (Lipinski definition) is 2. The largest absolute Gasteiger partial charge is 0.341 e. The van der Waals surface area contributed by atoms with Gasteiger partial charge in [-0.2, -0.15) is 4.68 Å². The fourth-order valence-corrected chi connectivity index (χ4v) is 3.59. The molecule has 0 radical (unpaired) electrons. The third-order valence-corrected chi connectivity index (χ3v) is 5.25.